The summed E-state index contributed by atoms with van der Waals surface area (Å²) in [5.41, 5.74) is 2.29. The molecule has 1 aromatic heterocycles. The summed E-state index contributed by atoms with van der Waals surface area (Å²) in [5, 5.41) is 0.346. The lowest BCUT2D eigenvalue weighted by molar-refractivity contribution is -0.135. The minimum atomic E-state index is -0.528. The van der Waals surface area contributed by atoms with Crippen LogP contribution in [-0.2, 0) is 4.79 Å². The van der Waals surface area contributed by atoms with E-state index in [4.69, 9.17) is 32.8 Å². The molecule has 0 saturated heterocycles. The molecule has 0 bridgehead atoms. The number of hydrogen-bond acceptors (Lipinski definition) is 9. The van der Waals surface area contributed by atoms with E-state index in [1.807, 2.05) is 0 Å². The number of benzene rings is 3. The molecule has 3 aromatic carbocycles. The van der Waals surface area contributed by atoms with Crippen LogP contribution in [0.2, 0.25) is 0 Å². The summed E-state index contributed by atoms with van der Waals surface area (Å²) in [6.07, 6.45) is 1.42. The summed E-state index contributed by atoms with van der Waals surface area (Å²) in [4.78, 5) is 26.3. The molecular weight excluding hydrogens is 492 g/mol. The van der Waals surface area contributed by atoms with Crippen molar-refractivity contribution < 1.29 is 37.6 Å². The highest BCUT2D eigenvalue weighted by atomic mass is 16.5. The fourth-order valence-electron chi connectivity index (χ4n) is 4.85. The van der Waals surface area contributed by atoms with Crippen molar-refractivity contribution in [2.24, 2.45) is 0 Å². The van der Waals surface area contributed by atoms with Gasteiger partial charge in [-0.25, -0.2) is 0 Å². The molecule has 0 radical (unpaired) electrons. The Morgan fingerprint density at radius 1 is 0.737 bits per heavy atom. The predicted octanol–water partition coefficient (Wildman–Crippen LogP) is 4.94. The molecule has 0 spiro atoms. The largest absolute Gasteiger partial charge is 0.496 e. The molecule has 1 aliphatic rings. The summed E-state index contributed by atoms with van der Waals surface area (Å²) in [7, 11) is 7.66. The van der Waals surface area contributed by atoms with Gasteiger partial charge in [0.15, 0.2) is 23.0 Å². The first-order valence-electron chi connectivity index (χ1n) is 11.7. The fraction of sp³-hybridized carbons (Fsp3) is 0.241. The molecule has 0 saturated carbocycles. The van der Waals surface area contributed by atoms with Gasteiger partial charge in [0, 0.05) is 23.1 Å². The highest BCUT2D eigenvalue weighted by Crippen LogP contribution is 2.48. The Morgan fingerprint density at radius 2 is 1.39 bits per heavy atom. The third kappa shape index (κ3) is 4.06. The average Bonchev–Trinajstić information content (AvgIpc) is 2.95. The molecule has 2 heterocycles. The van der Waals surface area contributed by atoms with E-state index in [2.05, 4.69) is 0 Å². The second kappa shape index (κ2) is 10.0. The van der Waals surface area contributed by atoms with Crippen molar-refractivity contribution in [3.8, 4) is 45.6 Å². The van der Waals surface area contributed by atoms with Gasteiger partial charge in [-0.3, -0.25) is 9.59 Å². The van der Waals surface area contributed by atoms with Gasteiger partial charge in [0.2, 0.25) is 5.43 Å². The van der Waals surface area contributed by atoms with Gasteiger partial charge in [0.25, 0.3) is 0 Å². The number of esters is 1. The summed E-state index contributed by atoms with van der Waals surface area (Å²) in [5.74, 6) is 1.86. The second-order valence-electron chi connectivity index (χ2n) is 8.58. The highest BCUT2D eigenvalue weighted by Gasteiger charge is 2.34. The maximum Gasteiger partial charge on any atom is 0.312 e. The van der Waals surface area contributed by atoms with Crippen LogP contribution in [0.25, 0.3) is 22.1 Å². The first kappa shape index (κ1) is 25.0. The molecule has 0 amide bonds. The van der Waals surface area contributed by atoms with Gasteiger partial charge >= 0.3 is 5.97 Å². The predicted molar refractivity (Wildman–Crippen MR) is 139 cm³/mol. The van der Waals surface area contributed by atoms with Crippen LogP contribution in [0.5, 0.6) is 34.5 Å². The lowest BCUT2D eigenvalue weighted by Gasteiger charge is -2.27. The number of hydrogen-bond donors (Lipinski definition) is 0. The van der Waals surface area contributed by atoms with Gasteiger partial charge in [0.1, 0.15) is 23.3 Å². The Morgan fingerprint density at radius 3 is 2.08 bits per heavy atom. The van der Waals surface area contributed by atoms with Gasteiger partial charge in [-0.05, 0) is 35.9 Å². The monoisotopic (exact) mass is 518 g/mol. The van der Waals surface area contributed by atoms with Crippen LogP contribution >= 0.6 is 0 Å². The molecule has 0 unspecified atom stereocenters. The van der Waals surface area contributed by atoms with Gasteiger partial charge < -0.3 is 32.8 Å². The molecule has 5 rings (SSSR count). The van der Waals surface area contributed by atoms with E-state index < -0.39 is 11.9 Å². The molecule has 9 nitrogen and oxygen atoms in total. The standard InChI is InChI=1S/C29H26O9/c1-32-20-8-6-15(10-23(20)34-3)19-14-37-29-16(28(19)31)7-9-21-27(29)18(12-26(30)38-21)17-11-24(35-4)25(36-5)13-22(17)33-2/h6-11,13-14,18H,12H2,1-5H3/t18-/m0/s1. The minimum Gasteiger partial charge on any atom is -0.496 e. The molecule has 9 heteroatoms. The Bertz CT molecular complexity index is 1600. The normalized spacial score (nSPS) is 14.4. The third-order valence-electron chi connectivity index (χ3n) is 6.69. The van der Waals surface area contributed by atoms with Crippen LogP contribution in [0.4, 0.5) is 0 Å². The summed E-state index contributed by atoms with van der Waals surface area (Å²) in [6, 6.07) is 11.9. The molecule has 1 atom stereocenters. The van der Waals surface area contributed by atoms with Crippen molar-refractivity contribution in [3.63, 3.8) is 0 Å². The van der Waals surface area contributed by atoms with E-state index in [-0.39, 0.29) is 11.8 Å². The van der Waals surface area contributed by atoms with Crippen LogP contribution in [0.1, 0.15) is 23.5 Å². The van der Waals surface area contributed by atoms with Gasteiger partial charge in [-0.1, -0.05) is 6.07 Å². The van der Waals surface area contributed by atoms with Crippen LogP contribution in [-0.4, -0.2) is 41.5 Å². The zero-order valence-corrected chi connectivity index (χ0v) is 21.6. The van der Waals surface area contributed by atoms with Crippen LogP contribution < -0.4 is 33.8 Å². The van der Waals surface area contributed by atoms with Crippen LogP contribution in [0.15, 0.2) is 57.9 Å². The number of methoxy groups -OCH3 is 5. The number of carbonyl (C=O) groups is 1. The number of rotatable bonds is 7. The lowest BCUT2D eigenvalue weighted by atomic mass is 9.84. The molecule has 1 aliphatic heterocycles. The van der Waals surface area contributed by atoms with E-state index in [1.54, 1.807) is 49.6 Å². The summed E-state index contributed by atoms with van der Waals surface area (Å²) < 4.78 is 38.9. The van der Waals surface area contributed by atoms with E-state index in [0.717, 1.165) is 0 Å². The van der Waals surface area contributed by atoms with E-state index >= 15 is 0 Å². The van der Waals surface area contributed by atoms with Crippen LogP contribution in [0, 0.1) is 0 Å². The summed E-state index contributed by atoms with van der Waals surface area (Å²) >= 11 is 0. The molecule has 0 fully saturated rings. The van der Waals surface area contributed by atoms with Crippen molar-refractivity contribution in [3.05, 3.63) is 70.1 Å². The molecular formula is C29H26O9. The first-order valence-corrected chi connectivity index (χ1v) is 11.7. The van der Waals surface area contributed by atoms with Gasteiger partial charge in [-0.2, -0.15) is 0 Å². The van der Waals surface area contributed by atoms with Crippen molar-refractivity contribution in [1.29, 1.82) is 0 Å². The zero-order chi connectivity index (χ0) is 27.0. The molecule has 0 aliphatic carbocycles. The Balaban J connectivity index is 1.72. The van der Waals surface area contributed by atoms with Gasteiger partial charge in [0.05, 0.1) is 52.9 Å². The smallest absolute Gasteiger partial charge is 0.312 e. The van der Waals surface area contributed by atoms with Crippen molar-refractivity contribution in [2.75, 3.05) is 35.5 Å². The van der Waals surface area contributed by atoms with E-state index in [1.165, 1.54) is 34.7 Å². The Labute approximate surface area is 218 Å². The second-order valence-corrected chi connectivity index (χ2v) is 8.58. The third-order valence-corrected chi connectivity index (χ3v) is 6.69. The fourth-order valence-corrected chi connectivity index (χ4v) is 4.85. The van der Waals surface area contributed by atoms with Crippen LogP contribution in [0.3, 0.4) is 0 Å². The molecule has 4 aromatic rings. The summed E-state index contributed by atoms with van der Waals surface area (Å²) in [6.45, 7) is 0. The Kier molecular flexibility index (Phi) is 6.59. The van der Waals surface area contributed by atoms with Crippen molar-refractivity contribution >= 4 is 16.9 Å². The quantitative estimate of drug-likeness (QED) is 0.248. The molecule has 38 heavy (non-hydrogen) atoms. The van der Waals surface area contributed by atoms with E-state index in [0.29, 0.717) is 67.7 Å². The number of carbonyl (C=O) groups excluding carboxylic acids is 1. The zero-order valence-electron chi connectivity index (χ0n) is 21.6. The maximum absolute atomic E-state index is 13.7. The minimum absolute atomic E-state index is 0.0130. The average molecular weight is 519 g/mol. The lowest BCUT2D eigenvalue weighted by Crippen LogP contribution is -2.22. The molecule has 0 N–H and O–H groups in total. The topological polar surface area (TPSA) is 103 Å². The molecule has 196 valence electrons. The van der Waals surface area contributed by atoms with Crippen molar-refractivity contribution in [1.82, 2.24) is 0 Å². The SMILES string of the molecule is COc1ccc(-c2coc3c4c(ccc3c2=O)OC(=O)C[C@H]4c2cc(OC)c(OC)cc2OC)cc1OC. The number of ether oxygens (including phenoxy) is 6. The van der Waals surface area contributed by atoms with E-state index in [9.17, 15) is 9.59 Å². The van der Waals surface area contributed by atoms with Gasteiger partial charge in [-0.15, -0.1) is 0 Å². The highest BCUT2D eigenvalue weighted by molar-refractivity contribution is 5.90. The number of fused-ring (bicyclic) bond motifs is 3. The Hall–Kier alpha value is -4.66. The first-order chi connectivity index (χ1) is 18.4. The van der Waals surface area contributed by atoms with Crippen molar-refractivity contribution in [2.45, 2.75) is 12.3 Å². The maximum atomic E-state index is 13.7.